The van der Waals surface area contributed by atoms with Gasteiger partial charge in [-0.25, -0.2) is 8.42 Å². The summed E-state index contributed by atoms with van der Waals surface area (Å²) in [5.41, 5.74) is 0.741. The SMILES string of the molecule is Cc1occc1-c1nnc(S(=O)(=O)C[C@@H]2CCCCO2)n1C. The molecule has 1 aliphatic rings. The summed E-state index contributed by atoms with van der Waals surface area (Å²) in [6.45, 7) is 2.42. The van der Waals surface area contributed by atoms with Crippen molar-refractivity contribution in [2.75, 3.05) is 12.4 Å². The molecule has 3 heterocycles. The molecule has 0 bridgehead atoms. The van der Waals surface area contributed by atoms with Crippen molar-refractivity contribution in [1.82, 2.24) is 14.8 Å². The van der Waals surface area contributed by atoms with Gasteiger partial charge in [0.15, 0.2) is 5.82 Å². The zero-order valence-corrected chi connectivity index (χ0v) is 13.5. The average Bonchev–Trinajstić information content (AvgIpc) is 3.05. The molecule has 1 saturated heterocycles. The molecule has 0 unspecified atom stereocenters. The number of hydrogen-bond donors (Lipinski definition) is 0. The van der Waals surface area contributed by atoms with E-state index in [1.807, 2.05) is 0 Å². The number of aromatic nitrogens is 3. The standard InChI is InChI=1S/C14H19N3O4S/c1-10-12(6-8-20-10)13-15-16-14(17(13)2)22(18,19)9-11-5-3-4-7-21-11/h6,8,11H,3-5,7,9H2,1-2H3/t11-/m0/s1. The first-order valence-electron chi connectivity index (χ1n) is 7.27. The third-order valence-corrected chi connectivity index (χ3v) is 5.61. The molecule has 0 amide bonds. The third-order valence-electron chi connectivity index (χ3n) is 3.89. The lowest BCUT2D eigenvalue weighted by molar-refractivity contribution is 0.0304. The molecular formula is C14H19N3O4S. The Bertz CT molecular complexity index is 757. The molecule has 0 radical (unpaired) electrons. The fourth-order valence-electron chi connectivity index (χ4n) is 2.70. The lowest BCUT2D eigenvalue weighted by Gasteiger charge is -2.21. The van der Waals surface area contributed by atoms with Crippen molar-refractivity contribution in [3.05, 3.63) is 18.1 Å². The lowest BCUT2D eigenvalue weighted by Crippen LogP contribution is -2.28. The topological polar surface area (TPSA) is 87.2 Å². The fraction of sp³-hybridized carbons (Fsp3) is 0.571. The predicted octanol–water partition coefficient (Wildman–Crippen LogP) is 1.73. The molecule has 120 valence electrons. The first-order chi connectivity index (χ1) is 10.5. The minimum atomic E-state index is -3.54. The first kappa shape index (κ1) is 15.2. The Morgan fingerprint density at radius 3 is 2.82 bits per heavy atom. The van der Waals surface area contributed by atoms with Crippen LogP contribution in [-0.2, 0) is 21.6 Å². The zero-order valence-electron chi connectivity index (χ0n) is 12.7. The van der Waals surface area contributed by atoms with E-state index < -0.39 is 9.84 Å². The average molecular weight is 325 g/mol. The van der Waals surface area contributed by atoms with E-state index in [1.54, 1.807) is 26.3 Å². The van der Waals surface area contributed by atoms with Crippen molar-refractivity contribution >= 4 is 9.84 Å². The van der Waals surface area contributed by atoms with Gasteiger partial charge in [-0.15, -0.1) is 10.2 Å². The highest BCUT2D eigenvalue weighted by Crippen LogP contribution is 2.25. The van der Waals surface area contributed by atoms with E-state index in [-0.39, 0.29) is 17.0 Å². The molecule has 0 aliphatic carbocycles. The molecule has 0 spiro atoms. The maximum Gasteiger partial charge on any atom is 0.249 e. The Kier molecular flexibility index (Phi) is 4.05. The molecule has 1 aliphatic heterocycles. The van der Waals surface area contributed by atoms with E-state index in [4.69, 9.17) is 9.15 Å². The maximum atomic E-state index is 12.6. The summed E-state index contributed by atoms with van der Waals surface area (Å²) < 4.78 is 37.4. The predicted molar refractivity (Wildman–Crippen MR) is 79.1 cm³/mol. The van der Waals surface area contributed by atoms with E-state index in [9.17, 15) is 8.42 Å². The number of sulfone groups is 1. The van der Waals surface area contributed by atoms with Gasteiger partial charge in [0.05, 0.1) is 23.7 Å². The zero-order chi connectivity index (χ0) is 15.7. The minimum Gasteiger partial charge on any atom is -0.469 e. The largest absolute Gasteiger partial charge is 0.469 e. The highest BCUT2D eigenvalue weighted by molar-refractivity contribution is 7.91. The highest BCUT2D eigenvalue weighted by atomic mass is 32.2. The number of furan rings is 1. The van der Waals surface area contributed by atoms with Gasteiger partial charge >= 0.3 is 0 Å². The molecule has 0 saturated carbocycles. The van der Waals surface area contributed by atoms with E-state index in [2.05, 4.69) is 10.2 Å². The molecule has 8 heteroatoms. The summed E-state index contributed by atoms with van der Waals surface area (Å²) in [5, 5.41) is 7.86. The van der Waals surface area contributed by atoms with Crippen molar-refractivity contribution in [1.29, 1.82) is 0 Å². The molecule has 0 N–H and O–H groups in total. The second-order valence-corrected chi connectivity index (χ2v) is 7.45. The monoisotopic (exact) mass is 325 g/mol. The Balaban J connectivity index is 1.88. The second-order valence-electron chi connectivity index (χ2n) is 5.53. The molecule has 7 nitrogen and oxygen atoms in total. The Morgan fingerprint density at radius 1 is 1.36 bits per heavy atom. The summed E-state index contributed by atoms with van der Waals surface area (Å²) in [6, 6.07) is 1.75. The van der Waals surface area contributed by atoms with Crippen LogP contribution in [0.1, 0.15) is 25.0 Å². The van der Waals surface area contributed by atoms with Crippen LogP contribution in [-0.4, -0.2) is 41.6 Å². The smallest absolute Gasteiger partial charge is 0.249 e. The van der Waals surface area contributed by atoms with Crippen LogP contribution >= 0.6 is 0 Å². The quantitative estimate of drug-likeness (QED) is 0.850. The van der Waals surface area contributed by atoms with Crippen LogP contribution in [0.15, 0.2) is 21.9 Å². The Labute approximate surface area is 129 Å². The van der Waals surface area contributed by atoms with Crippen LogP contribution in [0.25, 0.3) is 11.4 Å². The molecule has 22 heavy (non-hydrogen) atoms. The summed E-state index contributed by atoms with van der Waals surface area (Å²) in [6.07, 6.45) is 4.05. The van der Waals surface area contributed by atoms with Crippen LogP contribution in [0.2, 0.25) is 0 Å². The van der Waals surface area contributed by atoms with Gasteiger partial charge < -0.3 is 13.7 Å². The van der Waals surface area contributed by atoms with Crippen molar-refractivity contribution < 1.29 is 17.6 Å². The normalized spacial score (nSPS) is 19.5. The van der Waals surface area contributed by atoms with Gasteiger partial charge in [0.25, 0.3) is 0 Å². The van der Waals surface area contributed by atoms with E-state index in [1.165, 1.54) is 4.57 Å². The highest BCUT2D eigenvalue weighted by Gasteiger charge is 2.29. The van der Waals surface area contributed by atoms with Crippen LogP contribution in [0.4, 0.5) is 0 Å². The van der Waals surface area contributed by atoms with E-state index in [0.717, 1.165) is 24.8 Å². The minimum absolute atomic E-state index is 0.0303. The molecule has 1 atom stereocenters. The number of hydrogen-bond acceptors (Lipinski definition) is 6. The van der Waals surface area contributed by atoms with Gasteiger partial charge in [-0.2, -0.15) is 0 Å². The number of ether oxygens (including phenoxy) is 1. The van der Waals surface area contributed by atoms with E-state index in [0.29, 0.717) is 18.2 Å². The van der Waals surface area contributed by atoms with Crippen molar-refractivity contribution in [2.45, 2.75) is 37.4 Å². The van der Waals surface area contributed by atoms with Gasteiger partial charge in [0.2, 0.25) is 15.0 Å². The second kappa shape index (κ2) is 5.85. The first-order valence-corrected chi connectivity index (χ1v) is 8.92. The van der Waals surface area contributed by atoms with Gasteiger partial charge in [-0.05, 0) is 32.3 Å². The molecule has 2 aromatic heterocycles. The summed E-state index contributed by atoms with van der Waals surface area (Å²) in [5.74, 6) is 1.10. The number of rotatable bonds is 4. The molecule has 3 rings (SSSR count). The fourth-order valence-corrected chi connectivity index (χ4v) is 4.27. The van der Waals surface area contributed by atoms with Crippen molar-refractivity contribution in [2.24, 2.45) is 7.05 Å². The van der Waals surface area contributed by atoms with Gasteiger partial charge in [0, 0.05) is 13.7 Å². The number of nitrogens with zero attached hydrogens (tertiary/aromatic N) is 3. The maximum absolute atomic E-state index is 12.6. The molecule has 0 aromatic carbocycles. The summed E-state index contributed by atoms with van der Waals surface area (Å²) >= 11 is 0. The van der Waals surface area contributed by atoms with Gasteiger partial charge in [-0.3, -0.25) is 0 Å². The van der Waals surface area contributed by atoms with Crippen LogP contribution in [0.3, 0.4) is 0 Å². The molecule has 2 aromatic rings. The van der Waals surface area contributed by atoms with Crippen molar-refractivity contribution in [3.8, 4) is 11.4 Å². The summed E-state index contributed by atoms with van der Waals surface area (Å²) in [4.78, 5) is 0. The van der Waals surface area contributed by atoms with Crippen LogP contribution in [0.5, 0.6) is 0 Å². The molecule has 1 fully saturated rings. The van der Waals surface area contributed by atoms with Crippen LogP contribution in [0, 0.1) is 6.92 Å². The Hall–Kier alpha value is -1.67. The van der Waals surface area contributed by atoms with Gasteiger partial charge in [-0.1, -0.05) is 0 Å². The Morgan fingerprint density at radius 2 is 2.18 bits per heavy atom. The van der Waals surface area contributed by atoms with Crippen molar-refractivity contribution in [3.63, 3.8) is 0 Å². The third kappa shape index (κ3) is 2.80. The van der Waals surface area contributed by atoms with Gasteiger partial charge in [0.1, 0.15) is 5.76 Å². The summed E-state index contributed by atoms with van der Waals surface area (Å²) in [7, 11) is -1.89. The number of aryl methyl sites for hydroxylation is 1. The lowest BCUT2D eigenvalue weighted by atomic mass is 10.1. The van der Waals surface area contributed by atoms with Crippen LogP contribution < -0.4 is 0 Å². The van der Waals surface area contributed by atoms with E-state index >= 15 is 0 Å². The molecular weight excluding hydrogens is 306 g/mol.